The molecule has 3 saturated heterocycles. The van der Waals surface area contributed by atoms with E-state index in [9.17, 15) is 0 Å². The van der Waals surface area contributed by atoms with E-state index >= 15 is 0 Å². The highest BCUT2D eigenvalue weighted by Crippen LogP contribution is 2.62. The van der Waals surface area contributed by atoms with Crippen molar-refractivity contribution >= 4 is 44.6 Å². The van der Waals surface area contributed by atoms with Gasteiger partial charge in [-0.2, -0.15) is 0 Å². The lowest BCUT2D eigenvalue weighted by atomic mass is 9.48. The maximum absolute atomic E-state index is 4.59. The summed E-state index contributed by atoms with van der Waals surface area (Å²) in [6.07, 6.45) is 22.4. The zero-order valence-electron chi connectivity index (χ0n) is 45.4. The van der Waals surface area contributed by atoms with Gasteiger partial charge in [-0.05, 0) is 192 Å². The number of aromatic nitrogens is 1. The molecule has 0 bridgehead atoms. The number of hydrogen-bond donors (Lipinski definition) is 1. The molecule has 0 amide bonds. The highest BCUT2D eigenvalue weighted by atomic mass is 15.4. The molecule has 4 heterocycles. The molecule has 0 radical (unpaired) electrons. The van der Waals surface area contributed by atoms with E-state index in [1.165, 1.54) is 160 Å². The molecule has 77 heavy (non-hydrogen) atoms. The van der Waals surface area contributed by atoms with Gasteiger partial charge in [0.1, 0.15) is 0 Å². The first-order valence-electron chi connectivity index (χ1n) is 31.3. The SMILES string of the molecule is c1ccc(N2C3CCCCC3N(c3ccccc3)C3CC4C(CC32)C2CCC(n3c5ccccc5c5ccccc53)CC2C2CC3C(CC2C2NCCCC42)N(c2ccccc2)C2CCCCC2N3c2ccccc2)cc1. The van der Waals surface area contributed by atoms with Crippen LogP contribution in [0.4, 0.5) is 22.7 Å². The molecule has 6 nitrogen and oxygen atoms in total. The van der Waals surface area contributed by atoms with Crippen molar-refractivity contribution in [3.63, 3.8) is 0 Å². The molecule has 16 rings (SSSR count). The molecule has 17 atom stereocenters. The quantitative estimate of drug-likeness (QED) is 0.174. The Morgan fingerprint density at radius 3 is 1.09 bits per heavy atom. The summed E-state index contributed by atoms with van der Waals surface area (Å²) in [4.78, 5) is 12.4. The van der Waals surface area contributed by atoms with Crippen molar-refractivity contribution in [2.24, 2.45) is 41.4 Å². The van der Waals surface area contributed by atoms with Crippen LogP contribution < -0.4 is 24.9 Å². The van der Waals surface area contributed by atoms with Gasteiger partial charge in [0.15, 0.2) is 0 Å². The summed E-state index contributed by atoms with van der Waals surface area (Å²) in [6, 6.07) is 71.6. The number of rotatable bonds is 5. The number of hydrogen-bond acceptors (Lipinski definition) is 5. The van der Waals surface area contributed by atoms with Crippen LogP contribution in [0.3, 0.4) is 0 Å². The number of nitrogens with zero attached hydrogens (tertiary/aromatic N) is 5. The molecule has 6 saturated carbocycles. The van der Waals surface area contributed by atoms with Crippen molar-refractivity contribution in [2.75, 3.05) is 26.1 Å². The van der Waals surface area contributed by atoms with Gasteiger partial charge in [-0.15, -0.1) is 0 Å². The van der Waals surface area contributed by atoms with Crippen molar-refractivity contribution in [3.05, 3.63) is 170 Å². The third-order valence-corrected chi connectivity index (χ3v) is 23.1. The first-order valence-corrected chi connectivity index (χ1v) is 31.3. The summed E-state index contributed by atoms with van der Waals surface area (Å²) in [7, 11) is 0. The molecule has 1 aromatic heterocycles. The standard InChI is InChI=1S/C71H82N6/c1-5-22-47(23-6-1)73-63-35-17-18-36-64(63)74(48-24-7-2-8-25-48)68-44-58-55-32-21-41-72-71(55)60-46-70-69(75(49-26-9-3-10-27-49)65-37-19-20-38-66(65)76(70)50-28-11-4-12-29-50)45-59(60)56-42-51(39-40-52(56)57(58)43-67(68)73)77-61-33-15-13-30-53(61)54-31-14-16-34-62(54)77/h1-16,22-31,33-34,51-52,55-60,63-72H,17-21,32,35-46H2. The predicted octanol–water partition coefficient (Wildman–Crippen LogP) is 15.3. The maximum Gasteiger partial charge on any atom is 0.0501 e. The topological polar surface area (TPSA) is 29.9 Å². The van der Waals surface area contributed by atoms with Gasteiger partial charge in [0.2, 0.25) is 0 Å². The van der Waals surface area contributed by atoms with E-state index in [2.05, 4.69) is 199 Å². The Morgan fingerprint density at radius 2 is 0.649 bits per heavy atom. The molecule has 396 valence electrons. The summed E-state index contributed by atoms with van der Waals surface area (Å²) in [6.45, 7) is 1.17. The van der Waals surface area contributed by atoms with Crippen LogP contribution in [-0.4, -0.2) is 65.5 Å². The number of fused-ring (bicyclic) bond motifs is 15. The maximum atomic E-state index is 4.59. The Bertz CT molecular complexity index is 3050. The summed E-state index contributed by atoms with van der Waals surface area (Å²) in [5, 5.41) is 7.45. The molecular formula is C71H82N6. The molecule has 0 spiro atoms. The first kappa shape index (κ1) is 47.3. The zero-order chi connectivity index (χ0) is 50.6. The smallest absolute Gasteiger partial charge is 0.0501 e. The molecule has 7 aromatic rings. The van der Waals surface area contributed by atoms with E-state index in [0.29, 0.717) is 102 Å². The van der Waals surface area contributed by atoms with Crippen LogP contribution in [0.15, 0.2) is 170 Å². The minimum atomic E-state index is 0.468. The van der Waals surface area contributed by atoms with Gasteiger partial charge in [0, 0.05) is 80.8 Å². The second-order valence-corrected chi connectivity index (χ2v) is 26.2. The Balaban J connectivity index is 0.874. The molecule has 6 aromatic carbocycles. The Hall–Kier alpha value is -5.72. The fraction of sp³-hybridized carbons (Fsp3) is 0.493. The minimum Gasteiger partial charge on any atom is -0.361 e. The van der Waals surface area contributed by atoms with Gasteiger partial charge >= 0.3 is 0 Å². The molecule has 17 unspecified atom stereocenters. The van der Waals surface area contributed by atoms with Crippen LogP contribution in [0.25, 0.3) is 21.8 Å². The second kappa shape index (κ2) is 19.6. The predicted molar refractivity (Wildman–Crippen MR) is 319 cm³/mol. The van der Waals surface area contributed by atoms with Crippen molar-refractivity contribution in [1.82, 2.24) is 9.88 Å². The van der Waals surface area contributed by atoms with Crippen LogP contribution in [0.2, 0.25) is 0 Å². The van der Waals surface area contributed by atoms with Crippen LogP contribution in [0, 0.1) is 41.4 Å². The molecule has 9 fully saturated rings. The van der Waals surface area contributed by atoms with E-state index in [4.69, 9.17) is 0 Å². The molecule has 3 aliphatic heterocycles. The number of piperazine rings is 2. The van der Waals surface area contributed by atoms with Gasteiger partial charge in [0.25, 0.3) is 0 Å². The van der Waals surface area contributed by atoms with E-state index in [0.717, 1.165) is 0 Å². The monoisotopic (exact) mass is 1020 g/mol. The van der Waals surface area contributed by atoms with Gasteiger partial charge in [-0.25, -0.2) is 0 Å². The van der Waals surface area contributed by atoms with Gasteiger partial charge in [0.05, 0.1) is 24.2 Å². The Kier molecular flexibility index (Phi) is 12.0. The highest BCUT2D eigenvalue weighted by molar-refractivity contribution is 6.08. The van der Waals surface area contributed by atoms with Gasteiger partial charge < -0.3 is 29.5 Å². The van der Waals surface area contributed by atoms with Crippen molar-refractivity contribution < 1.29 is 0 Å². The molecule has 6 heteroatoms. The number of benzene rings is 6. The van der Waals surface area contributed by atoms with E-state index in [1.807, 2.05) is 0 Å². The third-order valence-electron chi connectivity index (χ3n) is 23.1. The molecule has 6 aliphatic carbocycles. The third kappa shape index (κ3) is 7.70. The lowest BCUT2D eigenvalue weighted by molar-refractivity contribution is -0.0824. The van der Waals surface area contributed by atoms with Crippen molar-refractivity contribution in [2.45, 2.75) is 170 Å². The van der Waals surface area contributed by atoms with Crippen LogP contribution in [-0.2, 0) is 0 Å². The van der Waals surface area contributed by atoms with Crippen molar-refractivity contribution in [3.8, 4) is 0 Å². The summed E-state index contributed by atoms with van der Waals surface area (Å²) >= 11 is 0. The first-order chi connectivity index (χ1) is 38.2. The average molecular weight is 1020 g/mol. The molecular weight excluding hydrogens is 937 g/mol. The van der Waals surface area contributed by atoms with Crippen molar-refractivity contribution in [1.29, 1.82) is 0 Å². The van der Waals surface area contributed by atoms with E-state index < -0.39 is 0 Å². The fourth-order valence-electron chi connectivity index (χ4n) is 20.6. The van der Waals surface area contributed by atoms with Crippen LogP contribution >= 0.6 is 0 Å². The van der Waals surface area contributed by atoms with Gasteiger partial charge in [-0.1, -0.05) is 135 Å². The summed E-state index contributed by atoms with van der Waals surface area (Å²) < 4.78 is 2.89. The lowest BCUT2D eigenvalue weighted by Gasteiger charge is -2.67. The lowest BCUT2D eigenvalue weighted by Crippen LogP contribution is -2.74. The largest absolute Gasteiger partial charge is 0.361 e. The number of anilines is 4. The molecule has 1 N–H and O–H groups in total. The normalized spacial score (nSPS) is 36.6. The number of piperidine rings is 1. The Labute approximate surface area is 459 Å². The number of para-hydroxylation sites is 6. The fourth-order valence-corrected chi connectivity index (χ4v) is 20.6. The van der Waals surface area contributed by atoms with Gasteiger partial charge in [-0.3, -0.25) is 0 Å². The summed E-state index contributed by atoms with van der Waals surface area (Å²) in [5.41, 5.74) is 8.83. The highest BCUT2D eigenvalue weighted by Gasteiger charge is 2.62. The number of nitrogens with one attached hydrogen (secondary N) is 1. The average Bonchev–Trinajstić information content (AvgIpc) is 3.93. The van der Waals surface area contributed by atoms with Crippen LogP contribution in [0.1, 0.15) is 115 Å². The second-order valence-electron chi connectivity index (χ2n) is 26.2. The summed E-state index contributed by atoms with van der Waals surface area (Å²) in [5.74, 6) is 4.76. The van der Waals surface area contributed by atoms with Crippen LogP contribution in [0.5, 0.6) is 0 Å². The minimum absolute atomic E-state index is 0.468. The zero-order valence-corrected chi connectivity index (χ0v) is 45.4. The molecule has 9 aliphatic rings. The van der Waals surface area contributed by atoms with E-state index in [-0.39, 0.29) is 0 Å². The Morgan fingerprint density at radius 1 is 0.286 bits per heavy atom. The van der Waals surface area contributed by atoms with E-state index in [1.54, 1.807) is 0 Å².